The fourth-order valence-electron chi connectivity index (χ4n) is 1.03. The monoisotopic (exact) mass is 228 g/mol. The SMILES string of the molecule is CC(Cc1ccc(Br)cc1)NN. The Morgan fingerprint density at radius 1 is 1.42 bits per heavy atom. The Morgan fingerprint density at radius 2 is 2.00 bits per heavy atom. The lowest BCUT2D eigenvalue weighted by Crippen LogP contribution is -2.33. The van der Waals surface area contributed by atoms with Gasteiger partial charge >= 0.3 is 0 Å². The van der Waals surface area contributed by atoms with Crippen LogP contribution in [0.5, 0.6) is 0 Å². The fourth-order valence-corrected chi connectivity index (χ4v) is 1.30. The minimum absolute atomic E-state index is 0.325. The highest BCUT2D eigenvalue weighted by molar-refractivity contribution is 9.10. The maximum atomic E-state index is 5.29. The molecule has 0 bridgehead atoms. The van der Waals surface area contributed by atoms with Crippen LogP contribution in [0.25, 0.3) is 0 Å². The van der Waals surface area contributed by atoms with Crippen LogP contribution >= 0.6 is 15.9 Å². The first-order valence-electron chi connectivity index (χ1n) is 3.93. The summed E-state index contributed by atoms with van der Waals surface area (Å²) in [5, 5.41) is 0. The van der Waals surface area contributed by atoms with E-state index < -0.39 is 0 Å². The van der Waals surface area contributed by atoms with Gasteiger partial charge in [0.2, 0.25) is 0 Å². The average Bonchev–Trinajstić information content (AvgIpc) is 2.09. The predicted molar refractivity (Wildman–Crippen MR) is 54.6 cm³/mol. The van der Waals surface area contributed by atoms with Gasteiger partial charge in [-0.1, -0.05) is 28.1 Å². The lowest BCUT2D eigenvalue weighted by molar-refractivity contribution is 0.568. The summed E-state index contributed by atoms with van der Waals surface area (Å²) in [7, 11) is 0. The van der Waals surface area contributed by atoms with E-state index in [0.29, 0.717) is 6.04 Å². The zero-order chi connectivity index (χ0) is 8.97. The summed E-state index contributed by atoms with van der Waals surface area (Å²) in [4.78, 5) is 0. The van der Waals surface area contributed by atoms with Gasteiger partial charge in [-0.2, -0.15) is 0 Å². The van der Waals surface area contributed by atoms with E-state index >= 15 is 0 Å². The minimum atomic E-state index is 0.325. The molecule has 0 fully saturated rings. The summed E-state index contributed by atoms with van der Waals surface area (Å²) in [5.74, 6) is 5.29. The van der Waals surface area contributed by atoms with Crippen molar-refractivity contribution in [2.45, 2.75) is 19.4 Å². The number of hydrogen-bond donors (Lipinski definition) is 2. The minimum Gasteiger partial charge on any atom is -0.271 e. The number of benzene rings is 1. The van der Waals surface area contributed by atoms with Gasteiger partial charge in [0.1, 0.15) is 0 Å². The summed E-state index contributed by atoms with van der Waals surface area (Å²) in [6, 6.07) is 8.60. The van der Waals surface area contributed by atoms with Crippen molar-refractivity contribution in [3.05, 3.63) is 34.3 Å². The Labute approximate surface area is 81.3 Å². The molecule has 3 heteroatoms. The van der Waals surface area contributed by atoms with E-state index in [-0.39, 0.29) is 0 Å². The van der Waals surface area contributed by atoms with Crippen molar-refractivity contribution in [2.75, 3.05) is 0 Å². The maximum Gasteiger partial charge on any atom is 0.0222 e. The van der Waals surface area contributed by atoms with E-state index in [1.54, 1.807) is 0 Å². The molecule has 0 saturated heterocycles. The fraction of sp³-hybridized carbons (Fsp3) is 0.333. The van der Waals surface area contributed by atoms with Crippen molar-refractivity contribution in [2.24, 2.45) is 5.84 Å². The van der Waals surface area contributed by atoms with Crippen LogP contribution in [0, 0.1) is 0 Å². The van der Waals surface area contributed by atoms with Gasteiger partial charge in [0, 0.05) is 10.5 Å². The standard InChI is InChI=1S/C9H13BrN2/c1-7(12-11)6-8-2-4-9(10)5-3-8/h2-5,7,12H,6,11H2,1H3. The Bertz CT molecular complexity index is 233. The first-order chi connectivity index (χ1) is 5.72. The molecule has 2 nitrogen and oxygen atoms in total. The Hall–Kier alpha value is -0.380. The largest absolute Gasteiger partial charge is 0.271 e. The molecule has 0 aliphatic rings. The molecule has 0 amide bonds. The topological polar surface area (TPSA) is 38.0 Å². The number of nitrogens with two attached hydrogens (primary N) is 1. The van der Waals surface area contributed by atoms with E-state index in [0.717, 1.165) is 10.9 Å². The third kappa shape index (κ3) is 2.93. The molecule has 0 spiro atoms. The zero-order valence-electron chi connectivity index (χ0n) is 7.05. The van der Waals surface area contributed by atoms with E-state index in [9.17, 15) is 0 Å². The highest BCUT2D eigenvalue weighted by Crippen LogP contribution is 2.11. The molecule has 1 aromatic rings. The molecule has 3 N–H and O–H groups in total. The second-order valence-electron chi connectivity index (χ2n) is 2.90. The van der Waals surface area contributed by atoms with Crippen molar-refractivity contribution in [3.8, 4) is 0 Å². The molecule has 0 radical (unpaired) electrons. The van der Waals surface area contributed by atoms with Gasteiger partial charge < -0.3 is 0 Å². The van der Waals surface area contributed by atoms with E-state index in [2.05, 4.69) is 40.4 Å². The van der Waals surface area contributed by atoms with E-state index in [1.807, 2.05) is 12.1 Å². The molecule has 12 heavy (non-hydrogen) atoms. The van der Waals surface area contributed by atoms with Crippen LogP contribution in [0.3, 0.4) is 0 Å². The molecule has 1 rings (SSSR count). The maximum absolute atomic E-state index is 5.29. The summed E-state index contributed by atoms with van der Waals surface area (Å²) in [5.41, 5.74) is 4.01. The molecule has 1 atom stereocenters. The number of rotatable bonds is 3. The molecule has 0 aliphatic carbocycles. The van der Waals surface area contributed by atoms with Crippen molar-refractivity contribution in [1.29, 1.82) is 0 Å². The Kier molecular flexibility index (Phi) is 3.72. The van der Waals surface area contributed by atoms with Crippen LogP contribution in [0.15, 0.2) is 28.7 Å². The molecule has 0 aromatic heterocycles. The van der Waals surface area contributed by atoms with Crippen LogP contribution in [0.1, 0.15) is 12.5 Å². The van der Waals surface area contributed by atoms with Crippen molar-refractivity contribution < 1.29 is 0 Å². The lowest BCUT2D eigenvalue weighted by atomic mass is 10.1. The third-order valence-electron chi connectivity index (χ3n) is 1.74. The van der Waals surface area contributed by atoms with Gasteiger partial charge in [-0.25, -0.2) is 0 Å². The summed E-state index contributed by atoms with van der Waals surface area (Å²) < 4.78 is 1.11. The molecule has 0 saturated carbocycles. The zero-order valence-corrected chi connectivity index (χ0v) is 8.64. The molecule has 66 valence electrons. The van der Waals surface area contributed by atoms with Gasteiger partial charge in [-0.15, -0.1) is 0 Å². The highest BCUT2D eigenvalue weighted by Gasteiger charge is 1.99. The van der Waals surface area contributed by atoms with Gasteiger partial charge in [0.25, 0.3) is 0 Å². The predicted octanol–water partition coefficient (Wildman–Crippen LogP) is 1.84. The lowest BCUT2D eigenvalue weighted by Gasteiger charge is -2.09. The highest BCUT2D eigenvalue weighted by atomic mass is 79.9. The molecule has 1 unspecified atom stereocenters. The van der Waals surface area contributed by atoms with E-state index in [1.165, 1.54) is 5.56 Å². The van der Waals surface area contributed by atoms with Crippen molar-refractivity contribution >= 4 is 15.9 Å². The molecular weight excluding hydrogens is 216 g/mol. The van der Waals surface area contributed by atoms with Crippen LogP contribution in [-0.2, 0) is 6.42 Å². The molecule has 0 aliphatic heterocycles. The first kappa shape index (κ1) is 9.71. The smallest absolute Gasteiger partial charge is 0.0222 e. The van der Waals surface area contributed by atoms with E-state index in [4.69, 9.17) is 5.84 Å². The van der Waals surface area contributed by atoms with Crippen molar-refractivity contribution in [3.63, 3.8) is 0 Å². The Morgan fingerprint density at radius 3 is 2.50 bits per heavy atom. The van der Waals surface area contributed by atoms with Gasteiger partial charge in [0.15, 0.2) is 0 Å². The summed E-state index contributed by atoms with van der Waals surface area (Å²) in [6.45, 7) is 2.06. The van der Waals surface area contributed by atoms with Gasteiger partial charge in [-0.3, -0.25) is 11.3 Å². The second-order valence-corrected chi connectivity index (χ2v) is 3.81. The van der Waals surface area contributed by atoms with Crippen LogP contribution in [0.4, 0.5) is 0 Å². The summed E-state index contributed by atoms with van der Waals surface area (Å²) >= 11 is 3.39. The van der Waals surface area contributed by atoms with Crippen LogP contribution in [-0.4, -0.2) is 6.04 Å². The molecular formula is C9H13BrN2. The second kappa shape index (κ2) is 4.60. The average molecular weight is 229 g/mol. The van der Waals surface area contributed by atoms with Crippen LogP contribution in [0.2, 0.25) is 0 Å². The number of hydrogen-bond acceptors (Lipinski definition) is 2. The number of halogens is 1. The summed E-state index contributed by atoms with van der Waals surface area (Å²) in [6.07, 6.45) is 0.962. The molecule has 1 aromatic carbocycles. The third-order valence-corrected chi connectivity index (χ3v) is 2.27. The van der Waals surface area contributed by atoms with Crippen molar-refractivity contribution in [1.82, 2.24) is 5.43 Å². The number of hydrazine groups is 1. The van der Waals surface area contributed by atoms with Gasteiger partial charge in [-0.05, 0) is 31.0 Å². The van der Waals surface area contributed by atoms with Gasteiger partial charge in [0.05, 0.1) is 0 Å². The first-order valence-corrected chi connectivity index (χ1v) is 4.72. The number of nitrogens with one attached hydrogen (secondary N) is 1. The molecule has 0 heterocycles. The quantitative estimate of drug-likeness (QED) is 0.613. The Balaban J connectivity index is 2.58. The normalized spacial score (nSPS) is 12.9. The van der Waals surface area contributed by atoms with Crippen LogP contribution < -0.4 is 11.3 Å².